The van der Waals surface area contributed by atoms with E-state index in [-0.39, 0.29) is 35.2 Å². The van der Waals surface area contributed by atoms with Crippen molar-refractivity contribution in [3.05, 3.63) is 53.3 Å². The Kier molecular flexibility index (Phi) is 5.86. The summed E-state index contributed by atoms with van der Waals surface area (Å²) in [6.45, 7) is 1.13. The van der Waals surface area contributed by atoms with Crippen molar-refractivity contribution in [1.82, 2.24) is 9.88 Å². The van der Waals surface area contributed by atoms with Crippen LogP contribution < -0.4 is 4.74 Å². The molecular formula is C22H21F5N2O4S. The Bertz CT molecular complexity index is 1230. The Morgan fingerprint density at radius 3 is 2.56 bits per heavy atom. The molecule has 1 aliphatic heterocycles. The lowest BCUT2D eigenvalue weighted by atomic mass is 10.0. The molecule has 2 fully saturated rings. The molecule has 0 N–H and O–H groups in total. The van der Waals surface area contributed by atoms with E-state index in [2.05, 4.69) is 4.98 Å². The minimum absolute atomic E-state index is 0.0477. The molecule has 1 aliphatic carbocycles. The van der Waals surface area contributed by atoms with E-state index in [4.69, 9.17) is 4.74 Å². The number of aromatic nitrogens is 1. The number of hydrogen-bond donors (Lipinski definition) is 0. The highest BCUT2D eigenvalue weighted by atomic mass is 32.2. The third-order valence-electron chi connectivity index (χ3n) is 6.31. The van der Waals surface area contributed by atoms with Crippen molar-refractivity contribution >= 4 is 15.7 Å². The highest BCUT2D eigenvalue weighted by Crippen LogP contribution is 2.58. The number of rotatable bonds is 6. The van der Waals surface area contributed by atoms with Crippen LogP contribution in [0.2, 0.25) is 0 Å². The number of benzene rings is 1. The molecule has 1 saturated carbocycles. The second kappa shape index (κ2) is 8.17. The predicted molar refractivity (Wildman–Crippen MR) is 111 cm³/mol. The van der Waals surface area contributed by atoms with Crippen LogP contribution in [-0.2, 0) is 15.3 Å². The number of sulfone groups is 1. The van der Waals surface area contributed by atoms with E-state index in [1.54, 1.807) is 6.07 Å². The van der Waals surface area contributed by atoms with Crippen LogP contribution in [0, 0.1) is 5.92 Å². The highest BCUT2D eigenvalue weighted by molar-refractivity contribution is 7.90. The number of carbonyl (C=O) groups excluding carboxylic acids is 1. The van der Waals surface area contributed by atoms with Crippen molar-refractivity contribution in [2.24, 2.45) is 5.92 Å². The molecule has 2 aliphatic rings. The first-order valence-corrected chi connectivity index (χ1v) is 12.2. The number of halogens is 5. The lowest BCUT2D eigenvalue weighted by molar-refractivity contribution is -0.189. The summed E-state index contributed by atoms with van der Waals surface area (Å²) in [5.74, 6) is -1.14. The summed E-state index contributed by atoms with van der Waals surface area (Å²) >= 11 is 0. The van der Waals surface area contributed by atoms with Crippen molar-refractivity contribution in [3.8, 4) is 5.75 Å². The van der Waals surface area contributed by atoms with Crippen molar-refractivity contribution in [1.29, 1.82) is 0 Å². The predicted octanol–water partition coefficient (Wildman–Crippen LogP) is 4.17. The number of ether oxygens (including phenoxy) is 1. The van der Waals surface area contributed by atoms with Crippen LogP contribution in [0.3, 0.4) is 0 Å². The van der Waals surface area contributed by atoms with Gasteiger partial charge in [-0.1, -0.05) is 6.07 Å². The fraction of sp³-hybridized carbons (Fsp3) is 0.455. The molecule has 0 bridgehead atoms. The van der Waals surface area contributed by atoms with Gasteiger partial charge in [0.1, 0.15) is 11.4 Å². The first kappa shape index (κ1) is 24.4. The van der Waals surface area contributed by atoms with Gasteiger partial charge in [-0.05, 0) is 49.6 Å². The van der Waals surface area contributed by atoms with Gasteiger partial charge in [-0.2, -0.15) is 13.2 Å². The van der Waals surface area contributed by atoms with Gasteiger partial charge in [0, 0.05) is 30.5 Å². The Labute approximate surface area is 192 Å². The number of amides is 1. The normalized spacial score (nSPS) is 23.1. The van der Waals surface area contributed by atoms with E-state index in [1.165, 1.54) is 17.0 Å². The van der Waals surface area contributed by atoms with Crippen LogP contribution >= 0.6 is 0 Å². The zero-order valence-electron chi connectivity index (χ0n) is 18.1. The van der Waals surface area contributed by atoms with Gasteiger partial charge in [0.25, 0.3) is 12.3 Å². The molecule has 4 rings (SSSR count). The van der Waals surface area contributed by atoms with Crippen LogP contribution in [-0.4, -0.2) is 55.8 Å². The molecule has 6 nitrogen and oxygen atoms in total. The summed E-state index contributed by atoms with van der Waals surface area (Å²) in [6.07, 6.45) is -8.13. The second-order valence-corrected chi connectivity index (χ2v) is 10.7. The molecule has 0 radical (unpaired) electrons. The van der Waals surface area contributed by atoms with Crippen LogP contribution in [0.1, 0.15) is 41.5 Å². The standard InChI is InChI=1S/C22H21F5N2O4S/c1-12(22(25,26)27)33-17-7-6-14(34(2,31)32)8-15(17)20(30)29-10-13-9-21(13,11-29)18-5-3-4-16(28-18)19(23)24/h3-8,12-13,19H,9-11H2,1-2H3. The fourth-order valence-corrected chi connectivity index (χ4v) is 4.97. The SMILES string of the molecule is CC(Oc1ccc(S(C)(=O)=O)cc1C(=O)N1CC2CC2(c2cccc(C(F)F)n2)C1)C(F)(F)F. The van der Waals surface area contributed by atoms with E-state index in [1.807, 2.05) is 0 Å². The molecule has 1 saturated heterocycles. The summed E-state index contributed by atoms with van der Waals surface area (Å²) in [6, 6.07) is 7.41. The third kappa shape index (κ3) is 4.47. The molecule has 184 valence electrons. The minimum Gasteiger partial charge on any atom is -0.480 e. The number of pyridine rings is 1. The molecule has 1 amide bonds. The van der Waals surface area contributed by atoms with Gasteiger partial charge >= 0.3 is 6.18 Å². The van der Waals surface area contributed by atoms with E-state index in [9.17, 15) is 35.2 Å². The van der Waals surface area contributed by atoms with Crippen molar-refractivity contribution < 1.29 is 39.9 Å². The maximum absolute atomic E-state index is 13.3. The molecule has 3 unspecified atom stereocenters. The lowest BCUT2D eigenvalue weighted by Gasteiger charge is -2.24. The summed E-state index contributed by atoms with van der Waals surface area (Å²) in [5, 5.41) is 0. The number of hydrogen-bond acceptors (Lipinski definition) is 5. The molecule has 0 spiro atoms. The average molecular weight is 504 g/mol. The first-order valence-electron chi connectivity index (χ1n) is 10.3. The first-order chi connectivity index (χ1) is 15.7. The summed E-state index contributed by atoms with van der Waals surface area (Å²) in [7, 11) is -3.76. The average Bonchev–Trinajstić information content (AvgIpc) is 3.33. The second-order valence-electron chi connectivity index (χ2n) is 8.72. The minimum atomic E-state index is -4.70. The Morgan fingerprint density at radius 1 is 1.24 bits per heavy atom. The van der Waals surface area contributed by atoms with E-state index in [0.717, 1.165) is 31.4 Å². The van der Waals surface area contributed by atoms with Gasteiger partial charge in [-0.25, -0.2) is 17.2 Å². The molecule has 34 heavy (non-hydrogen) atoms. The van der Waals surface area contributed by atoms with Crippen LogP contribution in [0.15, 0.2) is 41.3 Å². The Morgan fingerprint density at radius 2 is 1.94 bits per heavy atom. The van der Waals surface area contributed by atoms with Crippen molar-refractivity contribution in [2.45, 2.75) is 42.4 Å². The Balaban J connectivity index is 1.64. The zero-order chi connectivity index (χ0) is 25.1. The van der Waals surface area contributed by atoms with Gasteiger partial charge in [0.2, 0.25) is 0 Å². The summed E-state index contributed by atoms with van der Waals surface area (Å²) in [5.41, 5.74) is -0.877. The number of carbonyl (C=O) groups is 1. The third-order valence-corrected chi connectivity index (χ3v) is 7.42. The van der Waals surface area contributed by atoms with E-state index in [0.29, 0.717) is 12.1 Å². The maximum atomic E-state index is 13.3. The van der Waals surface area contributed by atoms with Crippen molar-refractivity contribution in [2.75, 3.05) is 19.3 Å². The van der Waals surface area contributed by atoms with Crippen molar-refractivity contribution in [3.63, 3.8) is 0 Å². The molecule has 1 aromatic heterocycles. The molecular weight excluding hydrogens is 483 g/mol. The molecule has 3 atom stereocenters. The monoisotopic (exact) mass is 504 g/mol. The van der Waals surface area contributed by atoms with E-state index >= 15 is 0 Å². The number of alkyl halides is 5. The highest BCUT2D eigenvalue weighted by Gasteiger charge is 2.62. The topological polar surface area (TPSA) is 76.6 Å². The summed E-state index contributed by atoms with van der Waals surface area (Å²) in [4.78, 5) is 18.5. The smallest absolute Gasteiger partial charge is 0.425 e. The number of piperidine rings is 1. The van der Waals surface area contributed by atoms with Gasteiger partial charge in [0.05, 0.1) is 10.5 Å². The van der Waals surface area contributed by atoms with Gasteiger partial charge < -0.3 is 9.64 Å². The molecule has 1 aromatic carbocycles. The quantitative estimate of drug-likeness (QED) is 0.552. The fourth-order valence-electron chi connectivity index (χ4n) is 4.32. The number of likely N-dealkylation sites (tertiary alicyclic amines) is 1. The molecule has 2 heterocycles. The largest absolute Gasteiger partial charge is 0.480 e. The molecule has 2 aromatic rings. The van der Waals surface area contributed by atoms with E-state index < -0.39 is 45.6 Å². The number of nitrogens with zero attached hydrogens (tertiary/aromatic N) is 2. The van der Waals surface area contributed by atoms with Crippen LogP contribution in [0.5, 0.6) is 5.75 Å². The number of fused-ring (bicyclic) bond motifs is 1. The zero-order valence-corrected chi connectivity index (χ0v) is 19.0. The lowest BCUT2D eigenvalue weighted by Crippen LogP contribution is -2.35. The van der Waals surface area contributed by atoms with Gasteiger partial charge in [0.15, 0.2) is 15.9 Å². The van der Waals surface area contributed by atoms with Crippen LogP contribution in [0.25, 0.3) is 0 Å². The maximum Gasteiger partial charge on any atom is 0.425 e. The van der Waals surface area contributed by atoms with Gasteiger partial charge in [-0.3, -0.25) is 9.78 Å². The Hall–Kier alpha value is -2.76. The van der Waals surface area contributed by atoms with Gasteiger partial charge in [-0.15, -0.1) is 0 Å². The molecule has 12 heteroatoms. The summed E-state index contributed by atoms with van der Waals surface area (Å²) < 4.78 is 94.3. The van der Waals surface area contributed by atoms with Crippen LogP contribution in [0.4, 0.5) is 22.0 Å².